The van der Waals surface area contributed by atoms with Crippen LogP contribution in [0.5, 0.6) is 0 Å². The first kappa shape index (κ1) is 15.7. The van der Waals surface area contributed by atoms with Crippen LogP contribution in [0.15, 0.2) is 30.3 Å². The highest BCUT2D eigenvalue weighted by Gasteiger charge is 2.22. The van der Waals surface area contributed by atoms with Crippen molar-refractivity contribution in [2.75, 3.05) is 26.8 Å². The van der Waals surface area contributed by atoms with Gasteiger partial charge in [0.1, 0.15) is 6.04 Å². The molecule has 0 bridgehead atoms. The molecule has 0 unspecified atom stereocenters. The summed E-state index contributed by atoms with van der Waals surface area (Å²) in [5, 5.41) is 0. The summed E-state index contributed by atoms with van der Waals surface area (Å²) in [4.78, 5) is 14.2. The molecule has 1 aromatic carbocycles. The van der Waals surface area contributed by atoms with Crippen LogP contribution in [-0.4, -0.2) is 37.6 Å². The molecule has 0 aliphatic heterocycles. The van der Waals surface area contributed by atoms with Crippen LogP contribution in [0, 0.1) is 5.92 Å². The van der Waals surface area contributed by atoms with Crippen LogP contribution in [0.1, 0.15) is 25.5 Å². The van der Waals surface area contributed by atoms with Crippen molar-refractivity contribution in [3.63, 3.8) is 0 Å². The van der Waals surface area contributed by atoms with Gasteiger partial charge in [0, 0.05) is 20.2 Å². The molecule has 4 heteroatoms. The Balaban J connectivity index is 2.74. The smallest absolute Gasteiger partial charge is 0.244 e. The van der Waals surface area contributed by atoms with Crippen LogP contribution in [0.25, 0.3) is 0 Å². The molecule has 0 spiro atoms. The molecule has 0 heterocycles. The van der Waals surface area contributed by atoms with Crippen molar-refractivity contribution in [1.82, 2.24) is 4.90 Å². The zero-order chi connectivity index (χ0) is 14.3. The normalized spacial score (nSPS) is 12.5. The van der Waals surface area contributed by atoms with Crippen LogP contribution >= 0.6 is 0 Å². The molecule has 0 saturated carbocycles. The van der Waals surface area contributed by atoms with E-state index in [1.807, 2.05) is 30.3 Å². The Bertz CT molecular complexity index is 379. The second-order valence-electron chi connectivity index (χ2n) is 5.06. The first-order valence-corrected chi connectivity index (χ1v) is 6.64. The molecule has 1 amide bonds. The molecule has 4 nitrogen and oxygen atoms in total. The molecule has 0 radical (unpaired) electrons. The maximum Gasteiger partial charge on any atom is 0.244 e. The van der Waals surface area contributed by atoms with Gasteiger partial charge in [0.05, 0.1) is 6.61 Å². The van der Waals surface area contributed by atoms with Gasteiger partial charge in [-0.1, -0.05) is 44.2 Å². The average molecular weight is 264 g/mol. The van der Waals surface area contributed by atoms with Gasteiger partial charge in [-0.3, -0.25) is 4.79 Å². The highest BCUT2D eigenvalue weighted by molar-refractivity contribution is 5.83. The Morgan fingerprint density at radius 1 is 1.32 bits per heavy atom. The maximum atomic E-state index is 12.4. The summed E-state index contributed by atoms with van der Waals surface area (Å²) in [5.41, 5.74) is 6.90. The van der Waals surface area contributed by atoms with E-state index in [-0.39, 0.29) is 5.91 Å². The topological polar surface area (TPSA) is 55.6 Å². The Morgan fingerprint density at radius 2 is 1.95 bits per heavy atom. The van der Waals surface area contributed by atoms with Gasteiger partial charge in [0.15, 0.2) is 0 Å². The minimum atomic E-state index is -0.600. The molecule has 0 fully saturated rings. The second kappa shape index (κ2) is 7.92. The summed E-state index contributed by atoms with van der Waals surface area (Å²) in [7, 11) is 1.63. The van der Waals surface area contributed by atoms with Crippen molar-refractivity contribution in [3.8, 4) is 0 Å². The number of rotatable bonds is 7. The predicted octanol–water partition coefficient (Wildman–Crippen LogP) is 1.82. The molecule has 19 heavy (non-hydrogen) atoms. The predicted molar refractivity (Wildman–Crippen MR) is 76.7 cm³/mol. The molecule has 1 rings (SSSR count). The quantitative estimate of drug-likeness (QED) is 0.817. The first-order chi connectivity index (χ1) is 9.06. The number of amides is 1. The van der Waals surface area contributed by atoms with Crippen LogP contribution in [0.2, 0.25) is 0 Å². The summed E-state index contributed by atoms with van der Waals surface area (Å²) < 4.78 is 5.05. The number of nitrogens with zero attached hydrogens (tertiary/aromatic N) is 1. The van der Waals surface area contributed by atoms with E-state index < -0.39 is 6.04 Å². The number of nitrogens with two attached hydrogens (primary N) is 1. The lowest BCUT2D eigenvalue weighted by Crippen LogP contribution is -2.42. The van der Waals surface area contributed by atoms with Gasteiger partial charge in [-0.15, -0.1) is 0 Å². The number of ether oxygens (including phenoxy) is 1. The summed E-state index contributed by atoms with van der Waals surface area (Å²) in [6.07, 6.45) is 0. The lowest BCUT2D eigenvalue weighted by molar-refractivity contribution is -0.134. The SMILES string of the molecule is COCCN(CC(C)C)C(=O)[C@H](N)c1ccccc1. The third-order valence-corrected chi connectivity index (χ3v) is 2.89. The average Bonchev–Trinajstić information content (AvgIpc) is 2.42. The van der Waals surface area contributed by atoms with E-state index in [1.165, 1.54) is 0 Å². The second-order valence-corrected chi connectivity index (χ2v) is 5.06. The molecule has 0 aliphatic rings. The van der Waals surface area contributed by atoms with Crippen LogP contribution in [0.4, 0.5) is 0 Å². The summed E-state index contributed by atoms with van der Waals surface area (Å²) in [5.74, 6) is 0.362. The Labute approximate surface area is 115 Å². The van der Waals surface area contributed by atoms with E-state index in [4.69, 9.17) is 10.5 Å². The number of hydrogen-bond donors (Lipinski definition) is 1. The van der Waals surface area contributed by atoms with E-state index in [0.717, 1.165) is 5.56 Å². The highest BCUT2D eigenvalue weighted by atomic mass is 16.5. The minimum absolute atomic E-state index is 0.0445. The molecule has 2 N–H and O–H groups in total. The van der Waals surface area contributed by atoms with E-state index in [1.54, 1.807) is 12.0 Å². The van der Waals surface area contributed by atoms with Gasteiger partial charge in [0.25, 0.3) is 0 Å². The third-order valence-electron chi connectivity index (χ3n) is 2.89. The molecular formula is C15H24N2O2. The maximum absolute atomic E-state index is 12.4. The van der Waals surface area contributed by atoms with E-state index in [0.29, 0.717) is 25.6 Å². The highest BCUT2D eigenvalue weighted by Crippen LogP contribution is 2.13. The summed E-state index contributed by atoms with van der Waals surface area (Å²) in [6, 6.07) is 8.86. The van der Waals surface area contributed by atoms with Gasteiger partial charge in [-0.2, -0.15) is 0 Å². The lowest BCUT2D eigenvalue weighted by Gasteiger charge is -2.27. The molecular weight excluding hydrogens is 240 g/mol. The standard InChI is InChI=1S/C15H24N2O2/c1-12(2)11-17(9-10-19-3)15(18)14(16)13-7-5-4-6-8-13/h4-8,12,14H,9-11,16H2,1-3H3/t14-/m1/s1. The van der Waals surface area contributed by atoms with E-state index >= 15 is 0 Å². The number of carbonyl (C=O) groups excluding carboxylic acids is 1. The van der Waals surface area contributed by atoms with Crippen LogP contribution in [-0.2, 0) is 9.53 Å². The fourth-order valence-electron chi connectivity index (χ4n) is 1.93. The molecule has 1 aromatic rings. The molecule has 0 saturated heterocycles. The zero-order valence-electron chi connectivity index (χ0n) is 12.0. The largest absolute Gasteiger partial charge is 0.383 e. The van der Waals surface area contributed by atoms with Gasteiger partial charge in [-0.25, -0.2) is 0 Å². The number of carbonyl (C=O) groups is 1. The number of benzene rings is 1. The monoisotopic (exact) mass is 264 g/mol. The first-order valence-electron chi connectivity index (χ1n) is 6.64. The number of methoxy groups -OCH3 is 1. The van der Waals surface area contributed by atoms with Crippen molar-refractivity contribution in [3.05, 3.63) is 35.9 Å². The summed E-state index contributed by atoms with van der Waals surface area (Å²) in [6.45, 7) is 5.97. The zero-order valence-corrected chi connectivity index (χ0v) is 12.0. The minimum Gasteiger partial charge on any atom is -0.383 e. The fourth-order valence-corrected chi connectivity index (χ4v) is 1.93. The van der Waals surface area contributed by atoms with Crippen molar-refractivity contribution >= 4 is 5.91 Å². The molecule has 1 atom stereocenters. The van der Waals surface area contributed by atoms with Gasteiger partial charge >= 0.3 is 0 Å². The van der Waals surface area contributed by atoms with E-state index in [9.17, 15) is 4.79 Å². The van der Waals surface area contributed by atoms with Gasteiger partial charge in [0.2, 0.25) is 5.91 Å². The van der Waals surface area contributed by atoms with Crippen molar-refractivity contribution in [1.29, 1.82) is 0 Å². The van der Waals surface area contributed by atoms with Crippen LogP contribution in [0.3, 0.4) is 0 Å². The number of hydrogen-bond acceptors (Lipinski definition) is 3. The Morgan fingerprint density at radius 3 is 2.47 bits per heavy atom. The van der Waals surface area contributed by atoms with Gasteiger partial charge in [-0.05, 0) is 11.5 Å². The Kier molecular flexibility index (Phi) is 6.53. The molecule has 0 aromatic heterocycles. The van der Waals surface area contributed by atoms with E-state index in [2.05, 4.69) is 13.8 Å². The molecule has 106 valence electrons. The lowest BCUT2D eigenvalue weighted by atomic mass is 10.1. The summed E-state index contributed by atoms with van der Waals surface area (Å²) >= 11 is 0. The third kappa shape index (κ3) is 5.01. The molecule has 0 aliphatic carbocycles. The Hall–Kier alpha value is -1.39. The van der Waals surface area contributed by atoms with Crippen molar-refractivity contribution < 1.29 is 9.53 Å². The van der Waals surface area contributed by atoms with Gasteiger partial charge < -0.3 is 15.4 Å². The van der Waals surface area contributed by atoms with Crippen LogP contribution < -0.4 is 5.73 Å². The van der Waals surface area contributed by atoms with Crippen molar-refractivity contribution in [2.24, 2.45) is 11.7 Å². The van der Waals surface area contributed by atoms with Crippen molar-refractivity contribution in [2.45, 2.75) is 19.9 Å². The fraction of sp³-hybridized carbons (Fsp3) is 0.533.